The molecule has 0 aromatic carbocycles. The number of H-pyrrole nitrogens is 1. The molecule has 1 aliphatic carbocycles. The Morgan fingerprint density at radius 1 is 0.735 bits per heavy atom. The predicted molar refractivity (Wildman–Crippen MR) is 305 cm³/mol. The fourth-order valence-corrected chi connectivity index (χ4v) is 10.7. The van der Waals surface area contributed by atoms with Gasteiger partial charge in [0.25, 0.3) is 0 Å². The molecule has 27 nitrogen and oxygen atoms in total. The number of carboxylic acid groups (broad SMARTS) is 1. The summed E-state index contributed by atoms with van der Waals surface area (Å²) in [6.07, 6.45) is 11.1. The first-order chi connectivity index (χ1) is 40.0. The van der Waals surface area contributed by atoms with Crippen molar-refractivity contribution in [2.45, 2.75) is 145 Å². The summed E-state index contributed by atoms with van der Waals surface area (Å²) in [4.78, 5) is 174. The van der Waals surface area contributed by atoms with Crippen LogP contribution in [-0.2, 0) is 72.0 Å². The second-order valence-corrected chi connectivity index (χ2v) is 22.4. The highest BCUT2D eigenvalue weighted by atomic mass is 32.2. The molecule has 0 bridgehead atoms. The van der Waals surface area contributed by atoms with E-state index in [2.05, 4.69) is 72.8 Å². The number of fused-ring (bicyclic) bond motifs is 1. The molecular formula is C54H75N15O12S2. The number of aromatic amines is 1. The van der Waals surface area contributed by atoms with Crippen molar-refractivity contribution in [2.24, 2.45) is 16.8 Å². The number of nitrogens with one attached hydrogen (secondary N) is 10. The predicted octanol–water partition coefficient (Wildman–Crippen LogP) is -1.16. The van der Waals surface area contributed by atoms with E-state index in [9.17, 15) is 57.8 Å². The number of nitrogens with zero attached hydrogens (tertiary/aromatic N) is 5. The Labute approximate surface area is 488 Å². The number of carboxylic acids is 1. The highest BCUT2D eigenvalue weighted by Crippen LogP contribution is 2.33. The van der Waals surface area contributed by atoms with Crippen LogP contribution in [0.5, 0.6) is 0 Å². The van der Waals surface area contributed by atoms with Crippen molar-refractivity contribution >= 4 is 94.4 Å². The van der Waals surface area contributed by atoms with E-state index in [0.29, 0.717) is 29.1 Å². The van der Waals surface area contributed by atoms with Crippen LogP contribution in [0.1, 0.15) is 94.5 Å². The zero-order valence-electron chi connectivity index (χ0n) is 46.7. The third-order valence-electron chi connectivity index (χ3n) is 14.3. The lowest BCUT2D eigenvalue weighted by Crippen LogP contribution is -2.59. The second kappa shape index (κ2) is 32.7. The smallest absolute Gasteiger partial charge is 0.303 e. The number of aliphatic carboxylic acids is 1. The molecule has 450 valence electrons. The van der Waals surface area contributed by atoms with E-state index in [4.69, 9.17) is 0 Å². The lowest BCUT2D eigenvalue weighted by molar-refractivity contribution is -0.141. The van der Waals surface area contributed by atoms with Crippen LogP contribution in [0, 0.1) is 11.8 Å². The summed E-state index contributed by atoms with van der Waals surface area (Å²) in [5, 5.41) is 35.5. The summed E-state index contributed by atoms with van der Waals surface area (Å²) >= 11 is 2.64. The van der Waals surface area contributed by atoms with Crippen LogP contribution in [0.4, 0.5) is 0 Å². The Morgan fingerprint density at radius 2 is 1.39 bits per heavy atom. The summed E-state index contributed by atoms with van der Waals surface area (Å²) in [7, 11) is 1.51. The number of hydrogen-bond acceptors (Lipinski definition) is 17. The van der Waals surface area contributed by atoms with E-state index in [1.807, 2.05) is 0 Å². The number of thioether (sulfide) groups is 1. The van der Waals surface area contributed by atoms with E-state index in [1.54, 1.807) is 48.6 Å². The zero-order chi connectivity index (χ0) is 59.8. The highest BCUT2D eigenvalue weighted by molar-refractivity contribution is 7.98. The van der Waals surface area contributed by atoms with Gasteiger partial charge in [0.1, 0.15) is 48.3 Å². The number of carbonyl (C=O) groups excluding carboxylic acids is 10. The largest absolute Gasteiger partial charge is 0.481 e. The first kappa shape index (κ1) is 64.3. The third kappa shape index (κ3) is 20.5. The minimum absolute atomic E-state index is 0.00130. The fourth-order valence-electron chi connectivity index (χ4n) is 9.64. The normalized spacial score (nSPS) is 25.8. The van der Waals surface area contributed by atoms with Gasteiger partial charge >= 0.3 is 5.97 Å². The van der Waals surface area contributed by atoms with Crippen LogP contribution < -0.4 is 47.9 Å². The highest BCUT2D eigenvalue weighted by Gasteiger charge is 2.40. The van der Waals surface area contributed by atoms with Crippen LogP contribution in [0.25, 0.3) is 0 Å². The minimum Gasteiger partial charge on any atom is -0.481 e. The van der Waals surface area contributed by atoms with E-state index >= 15 is 0 Å². The van der Waals surface area contributed by atoms with Gasteiger partial charge in [-0.1, -0.05) is 25.8 Å². The summed E-state index contributed by atoms with van der Waals surface area (Å²) in [6, 6.07) is -6.63. The fraction of sp³-hybridized carbons (Fsp3) is 0.574. The molecule has 9 atom stereocenters. The van der Waals surface area contributed by atoms with E-state index in [0.717, 1.165) is 12.8 Å². The van der Waals surface area contributed by atoms with Crippen molar-refractivity contribution in [3.8, 4) is 0 Å². The molecule has 0 radical (unpaired) electrons. The monoisotopic (exact) mass is 1190 g/mol. The molecule has 3 aromatic rings. The van der Waals surface area contributed by atoms with Crippen molar-refractivity contribution in [1.82, 2.24) is 72.7 Å². The Hall–Kier alpha value is -7.82. The van der Waals surface area contributed by atoms with E-state index < -0.39 is 139 Å². The van der Waals surface area contributed by atoms with Crippen molar-refractivity contribution in [2.75, 3.05) is 38.7 Å². The molecule has 2 aliphatic heterocycles. The number of aromatic nitrogens is 4. The lowest BCUT2D eigenvalue weighted by Gasteiger charge is -2.29. The maximum Gasteiger partial charge on any atom is 0.303 e. The zero-order valence-corrected chi connectivity index (χ0v) is 48.3. The number of amides is 10. The number of rotatable bonds is 16. The molecule has 11 N–H and O–H groups in total. The molecule has 83 heavy (non-hydrogen) atoms. The van der Waals surface area contributed by atoms with Gasteiger partial charge in [-0.3, -0.25) is 57.7 Å². The maximum absolute atomic E-state index is 14.4. The van der Waals surface area contributed by atoms with Gasteiger partial charge in [0.05, 0.1) is 30.0 Å². The topological polar surface area (TPSA) is 386 Å². The van der Waals surface area contributed by atoms with Crippen molar-refractivity contribution in [3.63, 3.8) is 0 Å². The van der Waals surface area contributed by atoms with Gasteiger partial charge in [-0.15, -0.1) is 11.3 Å². The van der Waals surface area contributed by atoms with Gasteiger partial charge in [-0.05, 0) is 80.9 Å². The average Bonchev–Trinajstić information content (AvgIpc) is 3.90. The van der Waals surface area contributed by atoms with Gasteiger partial charge in [0.15, 0.2) is 0 Å². The van der Waals surface area contributed by atoms with Crippen LogP contribution in [0.2, 0.25) is 0 Å². The van der Waals surface area contributed by atoms with Crippen LogP contribution in [0.3, 0.4) is 0 Å². The van der Waals surface area contributed by atoms with Crippen molar-refractivity contribution in [3.05, 3.63) is 64.9 Å². The van der Waals surface area contributed by atoms with E-state index in [-0.39, 0.29) is 76.8 Å². The molecule has 5 heterocycles. The molecule has 3 aromatic heterocycles. The number of imidazole rings is 1. The van der Waals surface area contributed by atoms with Gasteiger partial charge < -0.3 is 67.8 Å². The Kier molecular flexibility index (Phi) is 25.4. The Bertz CT molecular complexity index is 2730. The SMILES string of the molecule is CC[C@@H]1NC(=O)[C@H](Cc2cnc[nH]2)NC(=O)[C@H](Cc2cscn2)NC(=O)[C@H]2CCCN2C(=O)C(C=NC)CCCNC(=O)[C@H](Cc2cccnc2)NC(=O)[C@H](CC2CC2)NC(=O)[C@H](CCSC)NC(=O)[C@H](CCC(=O)O)NC(=O)CNC1=O. The number of hydrogen-bond donors (Lipinski definition) is 11. The number of thiazole rings is 1. The number of aliphatic imine (C=N–C) groups is 1. The van der Waals surface area contributed by atoms with Gasteiger partial charge in [-0.2, -0.15) is 11.8 Å². The Balaban J connectivity index is 1.30. The molecule has 0 spiro atoms. The molecule has 3 fully saturated rings. The van der Waals surface area contributed by atoms with E-state index in [1.165, 1.54) is 53.8 Å². The summed E-state index contributed by atoms with van der Waals surface area (Å²) in [5.74, 6) is -8.90. The van der Waals surface area contributed by atoms with Gasteiger partial charge in [-0.25, -0.2) is 9.97 Å². The molecule has 6 rings (SSSR count). The third-order valence-corrected chi connectivity index (χ3v) is 15.6. The van der Waals surface area contributed by atoms with Crippen molar-refractivity contribution < 1.29 is 57.8 Å². The molecule has 29 heteroatoms. The van der Waals surface area contributed by atoms with Crippen molar-refractivity contribution in [1.29, 1.82) is 0 Å². The quantitative estimate of drug-likeness (QED) is 0.0754. The van der Waals surface area contributed by atoms with Crippen LogP contribution in [0.15, 0.2) is 52.9 Å². The maximum atomic E-state index is 14.4. The van der Waals surface area contributed by atoms with Gasteiger partial charge in [0, 0.05) is 81.7 Å². The number of carbonyl (C=O) groups is 11. The minimum atomic E-state index is -1.52. The average molecular weight is 1190 g/mol. The standard InChI is InChI=1S/C54H75N15O12S2/c1-4-36-46(73)59-27-44(70)62-37(13-14-45(71)72)48(75)64-38(15-19-82-3)49(76)66-40(20-31-11-12-31)50(77)65-39(21-32-8-5-16-56-24-32)47(74)58-17-6-9-33(25-55-2)54(81)69-18-7-10-43(69)53(80)68-42(23-35-28-83-30-61-35)52(79)67-41(51(78)63-36)22-34-26-57-29-60-34/h5,8,16,24-26,28-31,33,36-43H,4,6-7,9-15,17-23,27H2,1-3H3,(H,57,60)(H,58,74)(H,59,73)(H,62,70)(H,63,78)(H,64,75)(H,65,77)(H,66,76)(H,67,79)(H,68,80)(H,71,72)/t33?,36-,37-,38-,39-,40-,41-,42-,43+/m0/s1. The van der Waals surface area contributed by atoms with Crippen LogP contribution >= 0.6 is 23.1 Å². The number of pyridine rings is 1. The molecule has 3 aliphatic rings. The second-order valence-electron chi connectivity index (χ2n) is 20.7. The Morgan fingerprint density at radius 3 is 2.02 bits per heavy atom. The van der Waals surface area contributed by atoms with Gasteiger partial charge in [0.2, 0.25) is 59.1 Å². The molecule has 1 unspecified atom stereocenters. The molecule has 10 amide bonds. The summed E-state index contributed by atoms with van der Waals surface area (Å²) in [5.41, 5.74) is 3.07. The summed E-state index contributed by atoms with van der Waals surface area (Å²) < 4.78 is 0. The lowest BCUT2D eigenvalue weighted by atomic mass is 10.0. The van der Waals surface area contributed by atoms with Crippen LogP contribution in [-0.4, -0.2) is 188 Å². The first-order valence-electron chi connectivity index (χ1n) is 27.8. The summed E-state index contributed by atoms with van der Waals surface area (Å²) in [6.45, 7) is 1.15. The molecular weight excluding hydrogens is 1110 g/mol. The first-order valence-corrected chi connectivity index (χ1v) is 30.1. The molecule has 1 saturated carbocycles. The molecule has 2 saturated heterocycles.